The zero-order valence-corrected chi connectivity index (χ0v) is 14.5. The molecule has 25 heavy (non-hydrogen) atoms. The fourth-order valence-electron chi connectivity index (χ4n) is 3.83. The first-order valence-electron chi connectivity index (χ1n) is 9.24. The van der Waals surface area contributed by atoms with Crippen LogP contribution in [0.4, 0.5) is 0 Å². The molecule has 0 aliphatic carbocycles. The molecule has 1 aromatic carbocycles. The minimum absolute atomic E-state index is 0.00401. The summed E-state index contributed by atoms with van der Waals surface area (Å²) in [5, 5.41) is 2.94. The number of carbonyl (C=O) groups is 1. The van der Waals surface area contributed by atoms with E-state index in [1.54, 1.807) is 0 Å². The lowest BCUT2D eigenvalue weighted by molar-refractivity contribution is -0.150. The fraction of sp³-hybridized carbons (Fsp3) is 0.632. The summed E-state index contributed by atoms with van der Waals surface area (Å²) < 4.78 is 17.6. The Morgan fingerprint density at radius 3 is 2.76 bits per heavy atom. The summed E-state index contributed by atoms with van der Waals surface area (Å²) >= 11 is 0. The molecule has 3 aliphatic rings. The highest BCUT2D eigenvalue weighted by Gasteiger charge is 2.38. The Balaban J connectivity index is 1.18. The van der Waals surface area contributed by atoms with Crippen molar-refractivity contribution in [1.82, 2.24) is 10.2 Å². The number of hydrogen-bond acceptors (Lipinski definition) is 5. The number of piperidine rings is 1. The molecular formula is C19H26N2O4. The van der Waals surface area contributed by atoms with E-state index >= 15 is 0 Å². The summed E-state index contributed by atoms with van der Waals surface area (Å²) in [4.78, 5) is 13.7. The number of likely N-dealkylation sites (tertiary alicyclic amines) is 1. The first-order valence-corrected chi connectivity index (χ1v) is 9.24. The average Bonchev–Trinajstić information content (AvgIpc) is 2.66. The van der Waals surface area contributed by atoms with Crippen LogP contribution in [0.3, 0.4) is 0 Å². The lowest BCUT2D eigenvalue weighted by atomic mass is 9.90. The van der Waals surface area contributed by atoms with Gasteiger partial charge in [-0.2, -0.15) is 0 Å². The molecule has 6 nitrogen and oxygen atoms in total. The minimum atomic E-state index is -0.131. The molecule has 3 heterocycles. The Morgan fingerprint density at radius 1 is 1.20 bits per heavy atom. The van der Waals surface area contributed by atoms with Crippen LogP contribution in [0.5, 0.6) is 11.5 Å². The highest BCUT2D eigenvalue weighted by molar-refractivity contribution is 5.78. The molecular weight excluding hydrogens is 320 g/mol. The predicted molar refractivity (Wildman–Crippen MR) is 93.0 cm³/mol. The SMILES string of the molecule is O=C1COC2(CCN(CCCC3COc4ccccc4O3)CC2)CN1. The summed E-state index contributed by atoms with van der Waals surface area (Å²) in [5.41, 5.74) is -0.131. The van der Waals surface area contributed by atoms with E-state index in [9.17, 15) is 4.79 Å². The maximum Gasteiger partial charge on any atom is 0.246 e. The number of ether oxygens (including phenoxy) is 3. The van der Waals surface area contributed by atoms with Crippen molar-refractivity contribution in [3.63, 3.8) is 0 Å². The monoisotopic (exact) mass is 346 g/mol. The number of amides is 1. The van der Waals surface area contributed by atoms with E-state index in [1.807, 2.05) is 24.3 Å². The minimum Gasteiger partial charge on any atom is -0.486 e. The van der Waals surface area contributed by atoms with E-state index in [0.29, 0.717) is 13.2 Å². The maximum atomic E-state index is 11.3. The van der Waals surface area contributed by atoms with E-state index in [4.69, 9.17) is 14.2 Å². The van der Waals surface area contributed by atoms with Crippen LogP contribution in [0.25, 0.3) is 0 Å². The van der Waals surface area contributed by atoms with E-state index in [2.05, 4.69) is 10.2 Å². The Hall–Kier alpha value is -1.79. The van der Waals surface area contributed by atoms with Crippen molar-refractivity contribution in [1.29, 1.82) is 0 Å². The Kier molecular flexibility index (Phi) is 4.81. The first-order chi connectivity index (χ1) is 12.2. The van der Waals surface area contributed by atoms with Crippen LogP contribution in [0.15, 0.2) is 24.3 Å². The number of fused-ring (bicyclic) bond motifs is 1. The van der Waals surface area contributed by atoms with Gasteiger partial charge in [0, 0.05) is 19.6 Å². The second-order valence-electron chi connectivity index (χ2n) is 7.23. The summed E-state index contributed by atoms with van der Waals surface area (Å²) in [6.45, 7) is 4.63. The molecule has 1 spiro atoms. The molecule has 0 aromatic heterocycles. The summed E-state index contributed by atoms with van der Waals surface area (Å²) in [6, 6.07) is 7.86. The van der Waals surface area contributed by atoms with E-state index in [0.717, 1.165) is 56.8 Å². The van der Waals surface area contributed by atoms with E-state index < -0.39 is 0 Å². The molecule has 1 amide bonds. The van der Waals surface area contributed by atoms with Crippen molar-refractivity contribution in [2.45, 2.75) is 37.4 Å². The Bertz CT molecular complexity index is 601. The van der Waals surface area contributed by atoms with Gasteiger partial charge >= 0.3 is 0 Å². The van der Waals surface area contributed by atoms with Gasteiger partial charge in [0.15, 0.2) is 11.5 Å². The number of nitrogens with zero attached hydrogens (tertiary/aromatic N) is 1. The van der Waals surface area contributed by atoms with Gasteiger partial charge in [-0.05, 0) is 44.4 Å². The van der Waals surface area contributed by atoms with Crippen LogP contribution in [0.2, 0.25) is 0 Å². The highest BCUT2D eigenvalue weighted by Crippen LogP contribution is 2.32. The Morgan fingerprint density at radius 2 is 2.00 bits per heavy atom. The van der Waals surface area contributed by atoms with Gasteiger partial charge in [-0.3, -0.25) is 4.79 Å². The highest BCUT2D eigenvalue weighted by atomic mass is 16.6. The number of rotatable bonds is 4. The smallest absolute Gasteiger partial charge is 0.246 e. The number of carbonyl (C=O) groups excluding carboxylic acids is 1. The van der Waals surface area contributed by atoms with Gasteiger partial charge in [-0.15, -0.1) is 0 Å². The number of para-hydroxylation sites is 2. The van der Waals surface area contributed by atoms with Gasteiger partial charge in [0.25, 0.3) is 0 Å². The van der Waals surface area contributed by atoms with Crippen LogP contribution < -0.4 is 14.8 Å². The van der Waals surface area contributed by atoms with E-state index in [-0.39, 0.29) is 24.2 Å². The molecule has 136 valence electrons. The summed E-state index contributed by atoms with van der Waals surface area (Å²) in [6.07, 6.45) is 4.22. The van der Waals surface area contributed by atoms with Crippen molar-refractivity contribution in [3.05, 3.63) is 24.3 Å². The van der Waals surface area contributed by atoms with Crippen molar-refractivity contribution in [2.75, 3.05) is 39.4 Å². The van der Waals surface area contributed by atoms with Gasteiger partial charge in [-0.25, -0.2) is 0 Å². The number of benzene rings is 1. The van der Waals surface area contributed by atoms with Gasteiger partial charge < -0.3 is 24.4 Å². The lowest BCUT2D eigenvalue weighted by Crippen LogP contribution is -2.57. The molecule has 1 N–H and O–H groups in total. The topological polar surface area (TPSA) is 60.0 Å². The van der Waals surface area contributed by atoms with Crippen LogP contribution in [-0.4, -0.2) is 61.9 Å². The first kappa shape index (κ1) is 16.7. The lowest BCUT2D eigenvalue weighted by Gasteiger charge is -2.43. The van der Waals surface area contributed by atoms with E-state index in [1.165, 1.54) is 0 Å². The third kappa shape index (κ3) is 3.90. The van der Waals surface area contributed by atoms with Crippen molar-refractivity contribution >= 4 is 5.91 Å². The normalized spacial score (nSPS) is 25.6. The summed E-state index contributed by atoms with van der Waals surface area (Å²) in [5.74, 6) is 1.71. The summed E-state index contributed by atoms with van der Waals surface area (Å²) in [7, 11) is 0. The second kappa shape index (κ2) is 7.22. The van der Waals surface area contributed by atoms with Gasteiger partial charge in [-0.1, -0.05) is 12.1 Å². The van der Waals surface area contributed by atoms with Crippen molar-refractivity contribution in [2.24, 2.45) is 0 Å². The molecule has 2 fully saturated rings. The predicted octanol–water partition coefficient (Wildman–Crippen LogP) is 1.59. The molecule has 1 atom stereocenters. The quantitative estimate of drug-likeness (QED) is 0.897. The second-order valence-corrected chi connectivity index (χ2v) is 7.23. The van der Waals surface area contributed by atoms with Gasteiger partial charge in [0.1, 0.15) is 19.3 Å². The zero-order valence-electron chi connectivity index (χ0n) is 14.5. The van der Waals surface area contributed by atoms with Crippen molar-refractivity contribution < 1.29 is 19.0 Å². The van der Waals surface area contributed by atoms with Crippen LogP contribution >= 0.6 is 0 Å². The van der Waals surface area contributed by atoms with Crippen LogP contribution in [-0.2, 0) is 9.53 Å². The molecule has 6 heteroatoms. The van der Waals surface area contributed by atoms with Crippen LogP contribution in [0.1, 0.15) is 25.7 Å². The van der Waals surface area contributed by atoms with Gasteiger partial charge in [0.2, 0.25) is 5.91 Å². The standard InChI is InChI=1S/C19H26N2O4/c22-18-13-24-19(14-20-18)7-10-21(11-8-19)9-3-4-15-12-23-16-5-1-2-6-17(16)25-15/h1-2,5-6,15H,3-4,7-14H2,(H,20,22). The molecule has 0 saturated carbocycles. The fourth-order valence-corrected chi connectivity index (χ4v) is 3.83. The largest absolute Gasteiger partial charge is 0.486 e. The molecule has 1 aromatic rings. The molecule has 1 unspecified atom stereocenters. The molecule has 0 radical (unpaired) electrons. The number of hydrogen-bond donors (Lipinski definition) is 1. The van der Waals surface area contributed by atoms with Crippen LogP contribution in [0, 0.1) is 0 Å². The Labute approximate surface area is 148 Å². The zero-order chi connectivity index (χ0) is 17.1. The molecule has 4 rings (SSSR count). The molecule has 2 saturated heterocycles. The third-order valence-corrected chi connectivity index (χ3v) is 5.45. The third-order valence-electron chi connectivity index (χ3n) is 5.45. The van der Waals surface area contributed by atoms with Crippen molar-refractivity contribution in [3.8, 4) is 11.5 Å². The number of morpholine rings is 1. The molecule has 0 bridgehead atoms. The molecule has 3 aliphatic heterocycles. The van der Waals surface area contributed by atoms with Gasteiger partial charge in [0.05, 0.1) is 5.60 Å². The maximum absolute atomic E-state index is 11.3. The average molecular weight is 346 g/mol. The number of nitrogens with one attached hydrogen (secondary N) is 1.